The smallest absolute Gasteiger partial charge is 0.254 e. The molecule has 1 saturated carbocycles. The minimum atomic E-state index is -0.0165. The fourth-order valence-corrected chi connectivity index (χ4v) is 4.69. The zero-order valence-electron chi connectivity index (χ0n) is 15.9. The van der Waals surface area contributed by atoms with Crippen molar-refractivity contribution in [2.45, 2.75) is 51.6 Å². The van der Waals surface area contributed by atoms with E-state index in [1.54, 1.807) is 6.20 Å². The Balaban J connectivity index is 1.30. The van der Waals surface area contributed by atoms with Crippen LogP contribution in [0.2, 0.25) is 5.02 Å². The second kappa shape index (κ2) is 8.03. The summed E-state index contributed by atoms with van der Waals surface area (Å²) in [5.74, 6) is -0.0165. The minimum Gasteiger partial charge on any atom is -0.351 e. The van der Waals surface area contributed by atoms with Gasteiger partial charge in [-0.2, -0.15) is 5.10 Å². The summed E-state index contributed by atoms with van der Waals surface area (Å²) in [6.45, 7) is 5.36. The highest BCUT2D eigenvalue weighted by atomic mass is 35.5. The van der Waals surface area contributed by atoms with Crippen molar-refractivity contribution in [3.63, 3.8) is 0 Å². The molecule has 0 saturated heterocycles. The minimum absolute atomic E-state index is 0.0165. The monoisotopic (exact) mass is 386 g/mol. The van der Waals surface area contributed by atoms with Gasteiger partial charge in [-0.25, -0.2) is 0 Å². The van der Waals surface area contributed by atoms with E-state index in [-0.39, 0.29) is 5.91 Å². The predicted molar refractivity (Wildman–Crippen MR) is 107 cm³/mol. The number of halogens is 1. The summed E-state index contributed by atoms with van der Waals surface area (Å²) >= 11 is 6.28. The van der Waals surface area contributed by atoms with E-state index in [1.165, 1.54) is 36.8 Å². The van der Waals surface area contributed by atoms with Gasteiger partial charge >= 0.3 is 0 Å². The third-order valence-corrected chi connectivity index (χ3v) is 6.32. The van der Waals surface area contributed by atoms with Gasteiger partial charge in [-0.1, -0.05) is 36.6 Å². The normalized spacial score (nSPS) is 17.9. The molecule has 1 aliphatic heterocycles. The first-order valence-corrected chi connectivity index (χ1v) is 10.3. The number of hydrogen-bond acceptors (Lipinski definition) is 3. The Hall–Kier alpha value is -1.85. The molecule has 2 aromatic rings. The average Bonchev–Trinajstić information content (AvgIpc) is 3.31. The van der Waals surface area contributed by atoms with Gasteiger partial charge in [0.2, 0.25) is 0 Å². The summed E-state index contributed by atoms with van der Waals surface area (Å²) in [7, 11) is 0. The van der Waals surface area contributed by atoms with Crippen LogP contribution < -0.4 is 5.32 Å². The molecular formula is C21H27ClN4O. The fourth-order valence-electron chi connectivity index (χ4n) is 4.40. The van der Waals surface area contributed by atoms with Crippen molar-refractivity contribution in [2.75, 3.05) is 19.6 Å². The van der Waals surface area contributed by atoms with E-state index in [9.17, 15) is 4.79 Å². The van der Waals surface area contributed by atoms with Crippen LogP contribution in [-0.2, 0) is 13.0 Å². The molecule has 5 nitrogen and oxygen atoms in total. The average molecular weight is 387 g/mol. The zero-order chi connectivity index (χ0) is 18.8. The third-order valence-electron chi connectivity index (χ3n) is 5.96. The van der Waals surface area contributed by atoms with Crippen LogP contribution in [-0.4, -0.2) is 40.2 Å². The predicted octanol–water partition coefficient (Wildman–Crippen LogP) is 3.75. The first kappa shape index (κ1) is 18.5. The Morgan fingerprint density at radius 3 is 2.96 bits per heavy atom. The molecule has 0 spiro atoms. The molecule has 1 fully saturated rings. The third kappa shape index (κ3) is 3.90. The van der Waals surface area contributed by atoms with Crippen LogP contribution in [0.15, 0.2) is 24.4 Å². The maximum Gasteiger partial charge on any atom is 0.254 e. The van der Waals surface area contributed by atoms with Crippen LogP contribution in [0.25, 0.3) is 0 Å². The number of rotatable bonds is 5. The van der Waals surface area contributed by atoms with Crippen LogP contribution in [0.5, 0.6) is 0 Å². The maximum atomic E-state index is 12.6. The lowest BCUT2D eigenvalue weighted by atomic mass is 10.00. The lowest BCUT2D eigenvalue weighted by Gasteiger charge is -2.29. The standard InChI is InChI=1S/C21H27ClN4O/c1-15-19(13-24-26(15)17-6-2-3-7-17)21(27)23-10-12-25-11-9-18-16(14-25)5-4-8-20(18)22/h4-5,8,13,17H,2-3,6-7,9-12,14H2,1H3,(H,23,27). The first-order chi connectivity index (χ1) is 13.1. The fraction of sp³-hybridized carbons (Fsp3) is 0.524. The number of hydrogen-bond donors (Lipinski definition) is 1. The number of aromatic nitrogens is 2. The Labute approximate surface area is 165 Å². The van der Waals surface area contributed by atoms with Gasteiger partial charge in [-0.3, -0.25) is 14.4 Å². The van der Waals surface area contributed by atoms with E-state index in [1.807, 2.05) is 23.7 Å². The Bertz CT molecular complexity index is 826. The van der Waals surface area contributed by atoms with Crippen LogP contribution in [0.1, 0.15) is 58.9 Å². The van der Waals surface area contributed by atoms with Gasteiger partial charge in [-0.05, 0) is 43.4 Å². The Kier molecular flexibility index (Phi) is 5.50. The van der Waals surface area contributed by atoms with Crippen LogP contribution in [0, 0.1) is 6.92 Å². The molecule has 2 aliphatic rings. The van der Waals surface area contributed by atoms with Gasteiger partial charge < -0.3 is 5.32 Å². The summed E-state index contributed by atoms with van der Waals surface area (Å²) in [6, 6.07) is 6.58. The number of benzene rings is 1. The van der Waals surface area contributed by atoms with E-state index in [4.69, 9.17) is 11.6 Å². The molecule has 0 atom stereocenters. The summed E-state index contributed by atoms with van der Waals surface area (Å²) in [6.07, 6.45) is 7.55. The van der Waals surface area contributed by atoms with E-state index in [0.29, 0.717) is 18.2 Å². The molecule has 0 unspecified atom stereocenters. The van der Waals surface area contributed by atoms with Gasteiger partial charge in [0.25, 0.3) is 5.91 Å². The van der Waals surface area contributed by atoms with Crippen molar-refractivity contribution in [1.82, 2.24) is 20.0 Å². The van der Waals surface area contributed by atoms with Gasteiger partial charge in [0.05, 0.1) is 17.8 Å². The second-order valence-electron chi connectivity index (χ2n) is 7.69. The molecule has 1 N–H and O–H groups in total. The van der Waals surface area contributed by atoms with E-state index in [0.717, 1.165) is 36.8 Å². The van der Waals surface area contributed by atoms with Gasteiger partial charge in [0.15, 0.2) is 0 Å². The summed E-state index contributed by atoms with van der Waals surface area (Å²) in [5.41, 5.74) is 4.27. The molecule has 0 bridgehead atoms. The largest absolute Gasteiger partial charge is 0.351 e. The van der Waals surface area contributed by atoms with E-state index in [2.05, 4.69) is 21.4 Å². The van der Waals surface area contributed by atoms with Crippen LogP contribution >= 0.6 is 11.6 Å². The van der Waals surface area contributed by atoms with E-state index >= 15 is 0 Å². The molecule has 1 amide bonds. The number of carbonyl (C=O) groups excluding carboxylic acids is 1. The van der Waals surface area contributed by atoms with Gasteiger partial charge in [0.1, 0.15) is 0 Å². The molecule has 4 rings (SSSR count). The number of nitrogens with zero attached hydrogens (tertiary/aromatic N) is 3. The van der Waals surface area contributed by atoms with Crippen molar-refractivity contribution in [3.8, 4) is 0 Å². The molecule has 144 valence electrons. The van der Waals surface area contributed by atoms with Crippen LogP contribution in [0.4, 0.5) is 0 Å². The molecule has 1 aromatic heterocycles. The number of nitrogens with one attached hydrogen (secondary N) is 1. The number of fused-ring (bicyclic) bond motifs is 1. The molecule has 0 radical (unpaired) electrons. The highest BCUT2D eigenvalue weighted by molar-refractivity contribution is 6.31. The molecule has 2 heterocycles. The van der Waals surface area contributed by atoms with Crippen molar-refractivity contribution in [2.24, 2.45) is 0 Å². The van der Waals surface area contributed by atoms with E-state index < -0.39 is 0 Å². The highest BCUT2D eigenvalue weighted by Gasteiger charge is 2.23. The summed E-state index contributed by atoms with van der Waals surface area (Å²) in [5, 5.41) is 8.42. The summed E-state index contributed by atoms with van der Waals surface area (Å²) in [4.78, 5) is 14.9. The van der Waals surface area contributed by atoms with Crippen molar-refractivity contribution in [3.05, 3.63) is 51.8 Å². The topological polar surface area (TPSA) is 50.2 Å². The van der Waals surface area contributed by atoms with Crippen molar-refractivity contribution < 1.29 is 4.79 Å². The maximum absolute atomic E-state index is 12.6. The molecule has 1 aliphatic carbocycles. The lowest BCUT2D eigenvalue weighted by molar-refractivity contribution is 0.0946. The van der Waals surface area contributed by atoms with Crippen molar-refractivity contribution in [1.29, 1.82) is 0 Å². The van der Waals surface area contributed by atoms with Crippen LogP contribution in [0.3, 0.4) is 0 Å². The Morgan fingerprint density at radius 2 is 2.15 bits per heavy atom. The first-order valence-electron chi connectivity index (χ1n) is 9.94. The molecule has 27 heavy (non-hydrogen) atoms. The number of amides is 1. The summed E-state index contributed by atoms with van der Waals surface area (Å²) < 4.78 is 2.05. The Morgan fingerprint density at radius 1 is 1.33 bits per heavy atom. The number of carbonyl (C=O) groups is 1. The molecular weight excluding hydrogens is 360 g/mol. The quantitative estimate of drug-likeness (QED) is 0.851. The second-order valence-corrected chi connectivity index (χ2v) is 8.09. The van der Waals surface area contributed by atoms with Gasteiger partial charge in [-0.15, -0.1) is 0 Å². The zero-order valence-corrected chi connectivity index (χ0v) is 16.6. The van der Waals surface area contributed by atoms with Gasteiger partial charge in [0, 0.05) is 36.9 Å². The highest BCUT2D eigenvalue weighted by Crippen LogP contribution is 2.30. The SMILES string of the molecule is Cc1c(C(=O)NCCN2CCc3c(Cl)cccc3C2)cnn1C1CCCC1. The van der Waals surface area contributed by atoms with Crippen molar-refractivity contribution >= 4 is 17.5 Å². The lowest BCUT2D eigenvalue weighted by Crippen LogP contribution is -2.38. The molecule has 1 aromatic carbocycles. The molecule has 6 heteroatoms.